The van der Waals surface area contributed by atoms with Crippen molar-refractivity contribution in [3.63, 3.8) is 0 Å². The SMILES string of the molecule is C=C[C@@H](CO)CO[Si](c1ccccc1)(c1ccccc1)C(C)(C)C.C=C[C@H](CO)CO[Si](c1ccccc1)(c1ccccc1)C(C)(C)C. The van der Waals surface area contributed by atoms with Crippen molar-refractivity contribution in [2.24, 2.45) is 11.8 Å². The molecule has 0 radical (unpaired) electrons. The Kier molecular flexibility index (Phi) is 14.5. The van der Waals surface area contributed by atoms with Crippen LogP contribution in [0.25, 0.3) is 0 Å². The minimum absolute atomic E-state index is 0.0448. The highest BCUT2D eigenvalue weighted by Crippen LogP contribution is 2.38. The van der Waals surface area contributed by atoms with Crippen LogP contribution in [0.15, 0.2) is 147 Å². The third kappa shape index (κ3) is 9.00. The van der Waals surface area contributed by atoms with Crippen molar-refractivity contribution in [3.05, 3.63) is 147 Å². The van der Waals surface area contributed by atoms with E-state index in [1.807, 2.05) is 24.3 Å². The molecule has 0 fully saturated rings. The van der Waals surface area contributed by atoms with E-state index in [1.165, 1.54) is 20.7 Å². The molecule has 2 N–H and O–H groups in total. The van der Waals surface area contributed by atoms with Gasteiger partial charge in [0.1, 0.15) is 0 Å². The minimum atomic E-state index is -2.50. The van der Waals surface area contributed by atoms with Crippen LogP contribution in [0, 0.1) is 11.8 Å². The van der Waals surface area contributed by atoms with Gasteiger partial charge in [0.2, 0.25) is 0 Å². The van der Waals surface area contributed by atoms with Gasteiger partial charge in [-0.3, -0.25) is 0 Å². The zero-order valence-corrected chi connectivity index (χ0v) is 31.8. The van der Waals surface area contributed by atoms with Gasteiger partial charge in [-0.1, -0.05) is 175 Å². The summed E-state index contributed by atoms with van der Waals surface area (Å²) in [6.45, 7) is 22.2. The average Bonchev–Trinajstić information content (AvgIpc) is 3.10. The summed E-state index contributed by atoms with van der Waals surface area (Å²) in [5.41, 5.74) is 0. The first-order chi connectivity index (χ1) is 22.9. The van der Waals surface area contributed by atoms with Crippen molar-refractivity contribution in [2.45, 2.75) is 51.6 Å². The van der Waals surface area contributed by atoms with Crippen molar-refractivity contribution in [1.82, 2.24) is 0 Å². The third-order valence-corrected chi connectivity index (χ3v) is 19.0. The quantitative estimate of drug-likeness (QED) is 0.115. The molecule has 48 heavy (non-hydrogen) atoms. The normalized spacial score (nSPS) is 13.5. The van der Waals surface area contributed by atoms with Crippen LogP contribution in [0.3, 0.4) is 0 Å². The number of rotatable bonds is 14. The Labute approximate surface area is 292 Å². The summed E-state index contributed by atoms with van der Waals surface area (Å²) in [5, 5.41) is 24.0. The van der Waals surface area contributed by atoms with E-state index < -0.39 is 16.6 Å². The summed E-state index contributed by atoms with van der Waals surface area (Å²) in [7, 11) is -5.01. The van der Waals surface area contributed by atoms with Crippen molar-refractivity contribution >= 4 is 37.4 Å². The molecule has 0 aliphatic carbocycles. The molecule has 4 nitrogen and oxygen atoms in total. The van der Waals surface area contributed by atoms with E-state index in [9.17, 15) is 10.2 Å². The number of aliphatic hydroxyl groups is 2. The Morgan fingerprint density at radius 1 is 0.500 bits per heavy atom. The predicted octanol–water partition coefficient (Wildman–Crippen LogP) is 6.72. The second-order valence-corrected chi connectivity index (χ2v) is 22.9. The van der Waals surface area contributed by atoms with Crippen molar-refractivity contribution in [3.8, 4) is 0 Å². The fourth-order valence-corrected chi connectivity index (χ4v) is 15.6. The third-order valence-electron chi connectivity index (χ3n) is 9.00. The van der Waals surface area contributed by atoms with Crippen molar-refractivity contribution < 1.29 is 19.1 Å². The van der Waals surface area contributed by atoms with E-state index in [0.29, 0.717) is 13.2 Å². The molecule has 2 atom stereocenters. The van der Waals surface area contributed by atoms with Gasteiger partial charge in [0.25, 0.3) is 16.6 Å². The molecule has 0 heterocycles. The Balaban J connectivity index is 0.000000260. The molecule has 0 aliphatic heterocycles. The smallest absolute Gasteiger partial charge is 0.261 e. The van der Waals surface area contributed by atoms with Crippen molar-refractivity contribution in [1.29, 1.82) is 0 Å². The van der Waals surface area contributed by atoms with E-state index in [4.69, 9.17) is 8.85 Å². The zero-order valence-electron chi connectivity index (χ0n) is 29.8. The van der Waals surface area contributed by atoms with Crippen LogP contribution in [-0.4, -0.2) is 53.3 Å². The highest BCUT2D eigenvalue weighted by molar-refractivity contribution is 7.00. The van der Waals surface area contributed by atoms with E-state index in [0.717, 1.165) is 0 Å². The molecular formula is C42H56O4Si2. The van der Waals surface area contributed by atoms with Gasteiger partial charge in [0.15, 0.2) is 0 Å². The molecule has 4 aromatic rings. The van der Waals surface area contributed by atoms with Gasteiger partial charge in [0.05, 0.1) is 13.2 Å². The van der Waals surface area contributed by atoms with Crippen LogP contribution >= 0.6 is 0 Å². The Morgan fingerprint density at radius 3 is 0.896 bits per heavy atom. The topological polar surface area (TPSA) is 58.9 Å². The summed E-state index contributed by atoms with van der Waals surface area (Å²) in [6, 6.07) is 42.1. The van der Waals surface area contributed by atoms with E-state index in [-0.39, 0.29) is 35.1 Å². The number of benzene rings is 4. The molecule has 4 aromatic carbocycles. The van der Waals surface area contributed by atoms with Gasteiger partial charge >= 0.3 is 0 Å². The molecule has 0 saturated carbocycles. The minimum Gasteiger partial charge on any atom is -0.407 e. The Bertz CT molecular complexity index is 1300. The Morgan fingerprint density at radius 2 is 0.729 bits per heavy atom. The maximum Gasteiger partial charge on any atom is 0.261 e. The number of hydrogen-bond acceptors (Lipinski definition) is 4. The summed E-state index contributed by atoms with van der Waals surface area (Å²) in [4.78, 5) is 0. The molecule has 256 valence electrons. The predicted molar refractivity (Wildman–Crippen MR) is 209 cm³/mol. The fraction of sp³-hybridized carbons (Fsp3) is 0.333. The van der Waals surface area contributed by atoms with Crippen molar-refractivity contribution in [2.75, 3.05) is 26.4 Å². The Hall–Kier alpha value is -3.37. The molecule has 0 aliphatic rings. The number of aliphatic hydroxyl groups excluding tert-OH is 2. The maximum absolute atomic E-state index is 9.53. The molecule has 4 rings (SSSR count). The number of hydrogen-bond donors (Lipinski definition) is 2. The van der Waals surface area contributed by atoms with E-state index >= 15 is 0 Å². The first-order valence-electron chi connectivity index (χ1n) is 16.9. The molecule has 0 amide bonds. The lowest BCUT2D eigenvalue weighted by Crippen LogP contribution is -2.66. The maximum atomic E-state index is 9.53. The zero-order chi connectivity index (χ0) is 35.3. The highest BCUT2D eigenvalue weighted by atomic mass is 28.4. The first kappa shape index (κ1) is 39.1. The molecule has 6 heteroatoms. The van der Waals surface area contributed by atoms with E-state index in [1.54, 1.807) is 12.2 Å². The van der Waals surface area contributed by atoms with Crippen LogP contribution in [0.1, 0.15) is 41.5 Å². The lowest BCUT2D eigenvalue weighted by atomic mass is 10.2. The van der Waals surface area contributed by atoms with Gasteiger partial charge in [-0.25, -0.2) is 0 Å². The largest absolute Gasteiger partial charge is 0.407 e. The van der Waals surface area contributed by atoms with Gasteiger partial charge in [0, 0.05) is 25.0 Å². The van der Waals surface area contributed by atoms with Crippen LogP contribution in [0.4, 0.5) is 0 Å². The summed E-state index contributed by atoms with van der Waals surface area (Å²) < 4.78 is 13.4. The molecule has 0 unspecified atom stereocenters. The lowest BCUT2D eigenvalue weighted by Gasteiger charge is -2.43. The monoisotopic (exact) mass is 680 g/mol. The second-order valence-electron chi connectivity index (χ2n) is 14.3. The standard InChI is InChI=1S/2C21H28O2Si/c2*1-5-18(16-22)17-23-24(21(2,3)4,19-12-8-6-9-13-19)20-14-10-7-11-15-20/h2*5-15,18,22H,1,16-17H2,2-4H3/t2*18-/m10/s1. The van der Waals surface area contributed by atoms with Crippen LogP contribution in [0.5, 0.6) is 0 Å². The summed E-state index contributed by atoms with van der Waals surface area (Å²) in [5.74, 6) is -0.0988. The average molecular weight is 681 g/mol. The van der Waals surface area contributed by atoms with Gasteiger partial charge in [-0.15, -0.1) is 13.2 Å². The highest BCUT2D eigenvalue weighted by Gasteiger charge is 2.51. The molecular weight excluding hydrogens is 625 g/mol. The first-order valence-corrected chi connectivity index (χ1v) is 20.7. The molecule has 0 aromatic heterocycles. The van der Waals surface area contributed by atoms with Crippen LogP contribution in [-0.2, 0) is 8.85 Å². The summed E-state index contributed by atoms with van der Waals surface area (Å²) >= 11 is 0. The van der Waals surface area contributed by atoms with Gasteiger partial charge in [-0.05, 0) is 30.8 Å². The summed E-state index contributed by atoms with van der Waals surface area (Å²) in [6.07, 6.45) is 3.55. The van der Waals surface area contributed by atoms with Gasteiger partial charge < -0.3 is 19.1 Å². The molecule has 0 bridgehead atoms. The molecule has 0 spiro atoms. The molecule has 0 saturated heterocycles. The van der Waals surface area contributed by atoms with Gasteiger partial charge in [-0.2, -0.15) is 0 Å². The van der Waals surface area contributed by atoms with Crippen LogP contribution < -0.4 is 20.7 Å². The van der Waals surface area contributed by atoms with Crippen LogP contribution in [0.2, 0.25) is 10.1 Å². The lowest BCUT2D eigenvalue weighted by molar-refractivity contribution is 0.184. The fourth-order valence-electron chi connectivity index (χ4n) is 6.38. The van der Waals surface area contributed by atoms with E-state index in [2.05, 4.69) is 152 Å². The second kappa shape index (κ2) is 17.9.